The minimum Gasteiger partial charge on any atom is -0.235 e. The molecule has 96 valence electrons. The minimum atomic E-state index is -3.59. The van der Waals surface area contributed by atoms with Crippen molar-refractivity contribution in [2.24, 2.45) is 0 Å². The molecule has 0 aliphatic heterocycles. The fourth-order valence-electron chi connectivity index (χ4n) is 1.79. The summed E-state index contributed by atoms with van der Waals surface area (Å²) in [6.45, 7) is 1.92. The van der Waals surface area contributed by atoms with Crippen LogP contribution >= 0.6 is 11.3 Å². The van der Waals surface area contributed by atoms with Crippen LogP contribution in [0.5, 0.6) is 0 Å². The molecule has 3 aromatic rings. The second-order valence-corrected chi connectivity index (χ2v) is 6.91. The van der Waals surface area contributed by atoms with Gasteiger partial charge in [-0.05, 0) is 30.5 Å². The molecule has 4 nitrogen and oxygen atoms in total. The summed E-state index contributed by atoms with van der Waals surface area (Å²) in [6.07, 6.45) is 1.29. The number of benzene rings is 1. The molecule has 0 N–H and O–H groups in total. The van der Waals surface area contributed by atoms with E-state index >= 15 is 0 Å². The summed E-state index contributed by atoms with van der Waals surface area (Å²) in [5.41, 5.74) is 1.67. The highest BCUT2D eigenvalue weighted by atomic mass is 32.2. The number of fused-ring (bicyclic) bond motifs is 1. The molecule has 0 aliphatic rings. The van der Waals surface area contributed by atoms with Crippen molar-refractivity contribution in [3.63, 3.8) is 0 Å². The molecule has 1 aromatic carbocycles. The first-order valence-corrected chi connectivity index (χ1v) is 7.95. The predicted octanol–water partition coefficient (Wildman–Crippen LogP) is 2.83. The number of hydrogen-bond donors (Lipinski definition) is 0. The van der Waals surface area contributed by atoms with E-state index in [1.165, 1.54) is 17.7 Å². The van der Waals surface area contributed by atoms with E-state index < -0.39 is 9.84 Å². The van der Waals surface area contributed by atoms with E-state index in [2.05, 4.69) is 9.97 Å². The minimum absolute atomic E-state index is 0.0800. The third kappa shape index (κ3) is 2.02. The zero-order valence-corrected chi connectivity index (χ0v) is 11.7. The number of aryl methyl sites for hydroxylation is 1. The van der Waals surface area contributed by atoms with Gasteiger partial charge in [0, 0.05) is 0 Å². The van der Waals surface area contributed by atoms with Crippen LogP contribution in [-0.2, 0) is 9.84 Å². The summed E-state index contributed by atoms with van der Waals surface area (Å²) in [6, 6.07) is 8.55. The van der Waals surface area contributed by atoms with Gasteiger partial charge >= 0.3 is 0 Å². The fraction of sp³-hybridized carbons (Fsp3) is 0.0769. The van der Waals surface area contributed by atoms with Crippen LogP contribution in [0.25, 0.3) is 10.2 Å². The standard InChI is InChI=1S/C13H10N2O2S2/c1-9-2-4-10(5-3-9)19(16,17)13-12-11(6-7-18-12)14-8-15-13/h2-8H,1H3. The van der Waals surface area contributed by atoms with E-state index in [0.717, 1.165) is 5.56 Å². The van der Waals surface area contributed by atoms with Crippen LogP contribution in [0.3, 0.4) is 0 Å². The smallest absolute Gasteiger partial charge is 0.225 e. The van der Waals surface area contributed by atoms with Crippen LogP contribution in [0.4, 0.5) is 0 Å². The zero-order chi connectivity index (χ0) is 13.5. The van der Waals surface area contributed by atoms with Gasteiger partial charge in [-0.25, -0.2) is 18.4 Å². The number of hydrogen-bond acceptors (Lipinski definition) is 5. The second kappa shape index (κ2) is 4.40. The molecule has 3 rings (SSSR count). The third-order valence-corrected chi connectivity index (χ3v) is 5.55. The normalized spacial score (nSPS) is 11.8. The highest BCUT2D eigenvalue weighted by Gasteiger charge is 2.22. The van der Waals surface area contributed by atoms with E-state index in [4.69, 9.17) is 0 Å². The molecule has 2 aromatic heterocycles. The molecular weight excluding hydrogens is 280 g/mol. The molecule has 0 fully saturated rings. The maximum Gasteiger partial charge on any atom is 0.225 e. The molecule has 0 bridgehead atoms. The second-order valence-electron chi connectivity index (χ2n) is 4.13. The van der Waals surface area contributed by atoms with Gasteiger partial charge in [-0.2, -0.15) is 0 Å². The highest BCUT2D eigenvalue weighted by Crippen LogP contribution is 2.28. The average Bonchev–Trinajstić information content (AvgIpc) is 2.87. The average molecular weight is 290 g/mol. The Morgan fingerprint density at radius 2 is 1.79 bits per heavy atom. The number of thiophene rings is 1. The first kappa shape index (κ1) is 12.3. The molecule has 0 aliphatic carbocycles. The first-order valence-electron chi connectivity index (χ1n) is 5.59. The Kier molecular flexibility index (Phi) is 2.83. The van der Waals surface area contributed by atoms with Crippen molar-refractivity contribution < 1.29 is 8.42 Å². The SMILES string of the molecule is Cc1ccc(S(=O)(=O)c2ncnc3ccsc23)cc1. The number of rotatable bonds is 2. The summed E-state index contributed by atoms with van der Waals surface area (Å²) < 4.78 is 25.7. The lowest BCUT2D eigenvalue weighted by Gasteiger charge is -2.04. The van der Waals surface area contributed by atoms with Gasteiger partial charge in [0.1, 0.15) is 6.33 Å². The topological polar surface area (TPSA) is 59.9 Å². The van der Waals surface area contributed by atoms with Crippen molar-refractivity contribution in [3.8, 4) is 0 Å². The molecule has 19 heavy (non-hydrogen) atoms. The van der Waals surface area contributed by atoms with Crippen molar-refractivity contribution in [1.82, 2.24) is 9.97 Å². The van der Waals surface area contributed by atoms with Crippen LogP contribution in [0.1, 0.15) is 5.56 Å². The largest absolute Gasteiger partial charge is 0.235 e. The quantitative estimate of drug-likeness (QED) is 0.681. The van der Waals surface area contributed by atoms with Gasteiger partial charge in [0.15, 0.2) is 5.03 Å². The maximum absolute atomic E-state index is 12.6. The van der Waals surface area contributed by atoms with Gasteiger partial charge in [0.25, 0.3) is 0 Å². The Hall–Kier alpha value is -1.79. The maximum atomic E-state index is 12.6. The van der Waals surface area contributed by atoms with Gasteiger partial charge in [-0.15, -0.1) is 11.3 Å². The summed E-state index contributed by atoms with van der Waals surface area (Å²) in [5, 5.41) is 1.89. The van der Waals surface area contributed by atoms with Crippen LogP contribution < -0.4 is 0 Å². The van der Waals surface area contributed by atoms with Crippen LogP contribution in [0, 0.1) is 6.92 Å². The summed E-state index contributed by atoms with van der Waals surface area (Å²) in [4.78, 5) is 8.27. The predicted molar refractivity (Wildman–Crippen MR) is 74.0 cm³/mol. The van der Waals surface area contributed by atoms with Gasteiger partial charge in [0.2, 0.25) is 9.84 Å². The summed E-state index contributed by atoms with van der Waals surface area (Å²) in [7, 11) is -3.59. The van der Waals surface area contributed by atoms with Crippen molar-refractivity contribution in [1.29, 1.82) is 0 Å². The van der Waals surface area contributed by atoms with Gasteiger partial charge in [-0.1, -0.05) is 17.7 Å². The molecule has 0 spiro atoms. The molecule has 0 unspecified atom stereocenters. The van der Waals surface area contributed by atoms with E-state index in [1.807, 2.05) is 12.3 Å². The summed E-state index contributed by atoms with van der Waals surface area (Å²) in [5.74, 6) is 0. The van der Waals surface area contributed by atoms with Gasteiger partial charge in [-0.3, -0.25) is 0 Å². The van der Waals surface area contributed by atoms with E-state index in [9.17, 15) is 8.42 Å². The Balaban J connectivity index is 2.25. The molecule has 6 heteroatoms. The highest BCUT2D eigenvalue weighted by molar-refractivity contribution is 7.91. The monoisotopic (exact) mass is 290 g/mol. The Bertz CT molecular complexity index is 836. The van der Waals surface area contributed by atoms with Gasteiger partial charge < -0.3 is 0 Å². The Morgan fingerprint density at radius 3 is 2.53 bits per heavy atom. The van der Waals surface area contributed by atoms with Crippen LogP contribution in [0.15, 0.2) is 52.0 Å². The number of aromatic nitrogens is 2. The molecule has 0 saturated carbocycles. The molecule has 2 heterocycles. The first-order chi connectivity index (χ1) is 9.09. The Morgan fingerprint density at radius 1 is 1.05 bits per heavy atom. The van der Waals surface area contributed by atoms with E-state index in [0.29, 0.717) is 10.2 Å². The van der Waals surface area contributed by atoms with Crippen molar-refractivity contribution >= 4 is 31.4 Å². The summed E-state index contributed by atoms with van der Waals surface area (Å²) >= 11 is 1.33. The zero-order valence-electron chi connectivity index (χ0n) is 10.1. The van der Waals surface area contributed by atoms with Crippen molar-refractivity contribution in [2.45, 2.75) is 16.8 Å². The van der Waals surface area contributed by atoms with Gasteiger partial charge in [0.05, 0.1) is 15.1 Å². The molecular formula is C13H10N2O2S2. The van der Waals surface area contributed by atoms with Crippen molar-refractivity contribution in [2.75, 3.05) is 0 Å². The molecule has 0 radical (unpaired) electrons. The lowest BCUT2D eigenvalue weighted by molar-refractivity contribution is 0.593. The van der Waals surface area contributed by atoms with E-state index in [-0.39, 0.29) is 9.92 Å². The van der Waals surface area contributed by atoms with E-state index in [1.54, 1.807) is 30.3 Å². The molecule has 0 amide bonds. The Labute approximate surface area is 114 Å². The van der Waals surface area contributed by atoms with Crippen molar-refractivity contribution in [3.05, 3.63) is 47.6 Å². The lowest BCUT2D eigenvalue weighted by atomic mass is 10.2. The number of nitrogens with zero attached hydrogens (tertiary/aromatic N) is 2. The number of sulfone groups is 1. The lowest BCUT2D eigenvalue weighted by Crippen LogP contribution is -2.05. The van der Waals surface area contributed by atoms with Crippen LogP contribution in [0.2, 0.25) is 0 Å². The molecule has 0 saturated heterocycles. The molecule has 0 atom stereocenters. The third-order valence-electron chi connectivity index (χ3n) is 2.80. The van der Waals surface area contributed by atoms with Crippen LogP contribution in [-0.4, -0.2) is 18.4 Å². The fourth-order valence-corrected chi connectivity index (χ4v) is 4.24.